The number of para-hydroxylation sites is 1. The molecule has 0 saturated carbocycles. The lowest BCUT2D eigenvalue weighted by Crippen LogP contribution is -2.31. The average Bonchev–Trinajstić information content (AvgIpc) is 3.38. The van der Waals surface area contributed by atoms with E-state index in [0.717, 1.165) is 24.2 Å². The van der Waals surface area contributed by atoms with E-state index in [1.165, 1.54) is 0 Å². The fraction of sp³-hybridized carbons (Fsp3) is 0.273. The molecule has 1 saturated heterocycles. The molecule has 1 amide bonds. The minimum absolute atomic E-state index is 0.0641. The molecule has 0 N–H and O–H groups in total. The lowest BCUT2D eigenvalue weighted by Gasteiger charge is -2.23. The number of ether oxygens (including phenoxy) is 1. The number of hydrogen-bond acceptors (Lipinski definition) is 4. The Hall–Kier alpha value is -2.79. The normalized spacial score (nSPS) is 16.4. The first-order chi connectivity index (χ1) is 13.7. The van der Waals surface area contributed by atoms with Crippen molar-refractivity contribution in [3.8, 4) is 5.75 Å². The third kappa shape index (κ3) is 3.62. The van der Waals surface area contributed by atoms with Crippen molar-refractivity contribution in [3.63, 3.8) is 0 Å². The number of likely N-dealkylation sites (tertiary alicyclic amines) is 1. The number of halogens is 1. The predicted molar refractivity (Wildman–Crippen MR) is 107 cm³/mol. The zero-order valence-corrected chi connectivity index (χ0v) is 16.4. The lowest BCUT2D eigenvalue weighted by molar-refractivity contribution is 0.0711. The van der Waals surface area contributed by atoms with Gasteiger partial charge in [-0.2, -0.15) is 0 Å². The van der Waals surface area contributed by atoms with Crippen LogP contribution in [0.4, 0.5) is 0 Å². The van der Waals surface area contributed by atoms with Gasteiger partial charge in [-0.1, -0.05) is 41.9 Å². The molecular formula is C22H21ClN2O3. The molecule has 1 atom stereocenters. The maximum atomic E-state index is 13.1. The zero-order chi connectivity index (χ0) is 19.5. The van der Waals surface area contributed by atoms with Crippen molar-refractivity contribution >= 4 is 17.5 Å². The van der Waals surface area contributed by atoms with E-state index in [1.54, 1.807) is 25.4 Å². The SMILES string of the molecule is COc1ccccc1C(=O)N1CCC[C@@H]1c1ncc(Cc2ccccc2Cl)o1. The highest BCUT2D eigenvalue weighted by atomic mass is 35.5. The van der Waals surface area contributed by atoms with E-state index in [1.807, 2.05) is 41.3 Å². The number of amides is 1. The van der Waals surface area contributed by atoms with Crippen LogP contribution >= 0.6 is 11.6 Å². The van der Waals surface area contributed by atoms with Crippen molar-refractivity contribution in [2.75, 3.05) is 13.7 Å². The Morgan fingerprint density at radius 2 is 2.04 bits per heavy atom. The molecule has 1 aliphatic heterocycles. The molecule has 28 heavy (non-hydrogen) atoms. The van der Waals surface area contributed by atoms with Crippen molar-refractivity contribution in [1.82, 2.24) is 9.88 Å². The monoisotopic (exact) mass is 396 g/mol. The summed E-state index contributed by atoms with van der Waals surface area (Å²) in [6, 6.07) is 14.8. The van der Waals surface area contributed by atoms with Crippen molar-refractivity contribution in [1.29, 1.82) is 0 Å². The molecule has 0 bridgehead atoms. The van der Waals surface area contributed by atoms with E-state index < -0.39 is 0 Å². The molecule has 2 aromatic carbocycles. The number of rotatable bonds is 5. The van der Waals surface area contributed by atoms with Gasteiger partial charge in [-0.05, 0) is 36.6 Å². The first-order valence-electron chi connectivity index (χ1n) is 9.29. The molecule has 0 unspecified atom stereocenters. The van der Waals surface area contributed by atoms with Crippen LogP contribution in [-0.2, 0) is 6.42 Å². The smallest absolute Gasteiger partial charge is 0.258 e. The van der Waals surface area contributed by atoms with Gasteiger partial charge in [0.2, 0.25) is 5.89 Å². The third-order valence-corrected chi connectivity index (χ3v) is 5.40. The van der Waals surface area contributed by atoms with Crippen LogP contribution in [0.5, 0.6) is 5.75 Å². The first kappa shape index (κ1) is 18.6. The highest BCUT2D eigenvalue weighted by Gasteiger charge is 2.34. The minimum Gasteiger partial charge on any atom is -0.496 e. The molecule has 2 heterocycles. The van der Waals surface area contributed by atoms with Gasteiger partial charge in [0.05, 0.1) is 18.9 Å². The quantitative estimate of drug-likeness (QED) is 0.615. The van der Waals surface area contributed by atoms with E-state index in [-0.39, 0.29) is 11.9 Å². The Balaban J connectivity index is 1.55. The van der Waals surface area contributed by atoms with Gasteiger partial charge in [0, 0.05) is 18.0 Å². The number of carbonyl (C=O) groups excluding carboxylic acids is 1. The van der Waals surface area contributed by atoms with Gasteiger partial charge < -0.3 is 14.1 Å². The van der Waals surface area contributed by atoms with E-state index in [2.05, 4.69) is 4.98 Å². The molecule has 3 aromatic rings. The zero-order valence-electron chi connectivity index (χ0n) is 15.6. The van der Waals surface area contributed by atoms with Gasteiger partial charge in [-0.25, -0.2) is 4.98 Å². The molecule has 0 radical (unpaired) electrons. The second kappa shape index (κ2) is 8.07. The number of oxazole rings is 1. The van der Waals surface area contributed by atoms with Crippen LogP contribution < -0.4 is 4.74 Å². The summed E-state index contributed by atoms with van der Waals surface area (Å²) in [5.74, 6) is 1.82. The lowest BCUT2D eigenvalue weighted by atomic mass is 10.1. The van der Waals surface area contributed by atoms with Gasteiger partial charge in [-0.15, -0.1) is 0 Å². The van der Waals surface area contributed by atoms with E-state index in [4.69, 9.17) is 20.8 Å². The Morgan fingerprint density at radius 3 is 2.86 bits per heavy atom. The molecule has 1 fully saturated rings. The van der Waals surface area contributed by atoms with Gasteiger partial charge in [0.25, 0.3) is 5.91 Å². The number of benzene rings is 2. The number of methoxy groups -OCH3 is 1. The molecule has 1 aliphatic rings. The van der Waals surface area contributed by atoms with Crippen LogP contribution in [0.2, 0.25) is 5.02 Å². The fourth-order valence-corrected chi connectivity index (χ4v) is 3.83. The van der Waals surface area contributed by atoms with Crippen LogP contribution in [0, 0.1) is 0 Å². The highest BCUT2D eigenvalue weighted by molar-refractivity contribution is 6.31. The molecule has 5 nitrogen and oxygen atoms in total. The van der Waals surface area contributed by atoms with Crippen LogP contribution in [-0.4, -0.2) is 29.4 Å². The van der Waals surface area contributed by atoms with Gasteiger partial charge in [0.1, 0.15) is 17.6 Å². The van der Waals surface area contributed by atoms with Crippen LogP contribution in [0.25, 0.3) is 0 Å². The maximum absolute atomic E-state index is 13.1. The van der Waals surface area contributed by atoms with E-state index in [0.29, 0.717) is 35.2 Å². The van der Waals surface area contributed by atoms with Gasteiger partial charge >= 0.3 is 0 Å². The van der Waals surface area contributed by atoms with Crippen LogP contribution in [0.15, 0.2) is 59.1 Å². The van der Waals surface area contributed by atoms with Crippen molar-refractivity contribution in [2.45, 2.75) is 25.3 Å². The maximum Gasteiger partial charge on any atom is 0.258 e. The summed E-state index contributed by atoms with van der Waals surface area (Å²) in [6.45, 7) is 0.670. The van der Waals surface area contributed by atoms with Gasteiger partial charge in [0.15, 0.2) is 0 Å². The molecule has 0 aliphatic carbocycles. The second-order valence-corrected chi connectivity index (χ2v) is 7.20. The van der Waals surface area contributed by atoms with Crippen molar-refractivity contribution in [3.05, 3.63) is 82.5 Å². The summed E-state index contributed by atoms with van der Waals surface area (Å²) in [6.07, 6.45) is 4.03. The summed E-state index contributed by atoms with van der Waals surface area (Å²) < 4.78 is 11.4. The number of nitrogens with zero attached hydrogens (tertiary/aromatic N) is 2. The van der Waals surface area contributed by atoms with Crippen molar-refractivity contribution < 1.29 is 13.9 Å². The highest BCUT2D eigenvalue weighted by Crippen LogP contribution is 2.34. The molecule has 1 aromatic heterocycles. The van der Waals surface area contributed by atoms with Gasteiger partial charge in [-0.3, -0.25) is 4.79 Å². The second-order valence-electron chi connectivity index (χ2n) is 6.79. The first-order valence-corrected chi connectivity index (χ1v) is 9.67. The number of hydrogen-bond donors (Lipinski definition) is 0. The Bertz CT molecular complexity index is 985. The molecule has 0 spiro atoms. The summed E-state index contributed by atoms with van der Waals surface area (Å²) >= 11 is 6.24. The summed E-state index contributed by atoms with van der Waals surface area (Å²) in [7, 11) is 1.57. The van der Waals surface area contributed by atoms with E-state index >= 15 is 0 Å². The topological polar surface area (TPSA) is 55.6 Å². The molecular weight excluding hydrogens is 376 g/mol. The summed E-state index contributed by atoms with van der Waals surface area (Å²) in [4.78, 5) is 19.4. The largest absolute Gasteiger partial charge is 0.496 e. The Labute approximate surface area is 168 Å². The molecule has 6 heteroatoms. The Morgan fingerprint density at radius 1 is 1.25 bits per heavy atom. The predicted octanol–water partition coefficient (Wildman–Crippen LogP) is 4.90. The average molecular weight is 397 g/mol. The summed E-state index contributed by atoms with van der Waals surface area (Å²) in [5, 5.41) is 0.703. The number of aromatic nitrogens is 1. The fourth-order valence-electron chi connectivity index (χ4n) is 3.63. The van der Waals surface area contributed by atoms with Crippen LogP contribution in [0.1, 0.15) is 46.5 Å². The molecule has 144 valence electrons. The standard InChI is InChI=1S/C22H21ClN2O3/c1-27-20-11-5-3-8-17(20)22(26)25-12-6-10-19(25)21-24-14-16(28-21)13-15-7-2-4-9-18(15)23/h2-5,7-9,11,14,19H,6,10,12-13H2,1H3/t19-/m1/s1. The van der Waals surface area contributed by atoms with Crippen LogP contribution in [0.3, 0.4) is 0 Å². The minimum atomic E-state index is -0.169. The van der Waals surface area contributed by atoms with Crippen molar-refractivity contribution in [2.24, 2.45) is 0 Å². The molecule has 4 rings (SSSR count). The third-order valence-electron chi connectivity index (χ3n) is 5.03. The summed E-state index contributed by atoms with van der Waals surface area (Å²) in [5.41, 5.74) is 1.54. The Kier molecular flexibility index (Phi) is 5.35. The number of carbonyl (C=O) groups is 1. The van der Waals surface area contributed by atoms with E-state index in [9.17, 15) is 4.79 Å².